The van der Waals surface area contributed by atoms with Gasteiger partial charge in [-0.25, -0.2) is 5.43 Å². The second kappa shape index (κ2) is 3.40. The van der Waals surface area contributed by atoms with Crippen LogP contribution in [0.4, 0.5) is 0 Å². The van der Waals surface area contributed by atoms with E-state index in [1.165, 1.54) is 12.4 Å². The average Bonchev–Trinajstić information content (AvgIpc) is 2.07. The Kier molecular flexibility index (Phi) is 2.27. The molecule has 0 aliphatic carbocycles. The highest BCUT2D eigenvalue weighted by molar-refractivity contribution is 5.93. The van der Waals surface area contributed by atoms with Gasteiger partial charge >= 0.3 is 0 Å². The molecule has 0 aliphatic rings. The Bertz CT molecular complexity index is 259. The van der Waals surface area contributed by atoms with Crippen molar-refractivity contribution in [1.29, 1.82) is 5.53 Å². The highest BCUT2D eigenvalue weighted by Crippen LogP contribution is 1.94. The molecule has 0 saturated heterocycles. The fourth-order valence-electron chi connectivity index (χ4n) is 0.619. The molecule has 56 valence electrons. The normalized spacial score (nSPS) is 8.73. The Hall–Kier alpha value is -1.78. The van der Waals surface area contributed by atoms with Crippen LogP contribution < -0.4 is 5.43 Å². The molecule has 11 heavy (non-hydrogen) atoms. The van der Waals surface area contributed by atoms with Crippen LogP contribution in [0.5, 0.6) is 0 Å². The van der Waals surface area contributed by atoms with Crippen molar-refractivity contribution in [2.75, 3.05) is 0 Å². The van der Waals surface area contributed by atoms with Crippen molar-refractivity contribution in [1.82, 2.24) is 10.4 Å². The number of carbonyl (C=O) groups excluding carboxylic acids is 1. The summed E-state index contributed by atoms with van der Waals surface area (Å²) in [6, 6.07) is 3.08. The maximum absolute atomic E-state index is 10.9. The first kappa shape index (κ1) is 7.33. The Morgan fingerprint density at radius 2 is 2.18 bits per heavy atom. The van der Waals surface area contributed by atoms with Gasteiger partial charge in [-0.3, -0.25) is 9.78 Å². The van der Waals surface area contributed by atoms with Gasteiger partial charge in [0.05, 0.1) is 0 Å². The number of carbonyl (C=O) groups is 1. The molecule has 5 heteroatoms. The summed E-state index contributed by atoms with van der Waals surface area (Å²) < 4.78 is 0. The van der Waals surface area contributed by atoms with Gasteiger partial charge in [0, 0.05) is 18.0 Å². The fraction of sp³-hybridized carbons (Fsp3) is 0. The Morgan fingerprint density at radius 1 is 1.55 bits per heavy atom. The molecular weight excluding hydrogens is 144 g/mol. The number of aromatic nitrogens is 1. The molecule has 1 heterocycles. The van der Waals surface area contributed by atoms with Crippen LogP contribution in [0.2, 0.25) is 0 Å². The maximum Gasteiger partial charge on any atom is 0.272 e. The van der Waals surface area contributed by atoms with Gasteiger partial charge in [-0.15, -0.1) is 0 Å². The van der Waals surface area contributed by atoms with E-state index in [9.17, 15) is 4.79 Å². The Morgan fingerprint density at radius 3 is 2.73 bits per heavy atom. The van der Waals surface area contributed by atoms with Crippen LogP contribution in [0.3, 0.4) is 0 Å². The third kappa shape index (κ3) is 1.82. The minimum atomic E-state index is -0.401. The van der Waals surface area contributed by atoms with Crippen molar-refractivity contribution in [3.63, 3.8) is 0 Å². The molecule has 0 saturated carbocycles. The monoisotopic (exact) mass is 150 g/mol. The number of nitrogens with zero attached hydrogens (tertiary/aromatic N) is 2. The number of nitrogens with one attached hydrogen (secondary N) is 2. The van der Waals surface area contributed by atoms with Crippen molar-refractivity contribution < 1.29 is 4.79 Å². The smallest absolute Gasteiger partial charge is 0.267 e. The van der Waals surface area contributed by atoms with E-state index in [1.807, 2.05) is 5.43 Å². The molecule has 0 unspecified atom stereocenters. The Balaban J connectivity index is 2.77. The summed E-state index contributed by atoms with van der Waals surface area (Å²) in [5.74, 6) is -0.401. The number of pyridine rings is 1. The SMILES string of the molecule is N=NNC(=O)c1ccncc1. The summed E-state index contributed by atoms with van der Waals surface area (Å²) in [6.07, 6.45) is 3.00. The van der Waals surface area contributed by atoms with Gasteiger partial charge in [0.1, 0.15) is 0 Å². The van der Waals surface area contributed by atoms with E-state index in [2.05, 4.69) is 10.2 Å². The predicted molar refractivity (Wildman–Crippen MR) is 36.9 cm³/mol. The molecule has 5 nitrogen and oxygen atoms in total. The summed E-state index contributed by atoms with van der Waals surface area (Å²) in [7, 11) is 0. The topological polar surface area (TPSA) is 78.2 Å². The van der Waals surface area contributed by atoms with Crippen LogP contribution in [0.25, 0.3) is 0 Å². The van der Waals surface area contributed by atoms with Gasteiger partial charge in [0.25, 0.3) is 5.91 Å². The van der Waals surface area contributed by atoms with E-state index in [1.54, 1.807) is 12.1 Å². The minimum absolute atomic E-state index is 0.401. The van der Waals surface area contributed by atoms with Gasteiger partial charge in [-0.1, -0.05) is 5.22 Å². The highest BCUT2D eigenvalue weighted by atomic mass is 16.2. The third-order valence-electron chi connectivity index (χ3n) is 1.10. The summed E-state index contributed by atoms with van der Waals surface area (Å²) in [5.41, 5.74) is 8.79. The molecule has 2 N–H and O–H groups in total. The molecule has 1 rings (SSSR count). The third-order valence-corrected chi connectivity index (χ3v) is 1.10. The number of hydrogen-bond acceptors (Lipinski definition) is 4. The lowest BCUT2D eigenvalue weighted by Gasteiger charge is -1.94. The molecule has 1 aromatic rings. The van der Waals surface area contributed by atoms with Gasteiger partial charge in [-0.05, 0) is 12.1 Å². The average molecular weight is 150 g/mol. The van der Waals surface area contributed by atoms with E-state index >= 15 is 0 Å². The maximum atomic E-state index is 10.9. The molecule has 0 bridgehead atoms. The van der Waals surface area contributed by atoms with Crippen molar-refractivity contribution in [3.8, 4) is 0 Å². The van der Waals surface area contributed by atoms with Crippen LogP contribution in [0, 0.1) is 5.53 Å². The lowest BCUT2D eigenvalue weighted by atomic mass is 10.3. The zero-order valence-corrected chi connectivity index (χ0v) is 5.61. The first-order valence-corrected chi connectivity index (χ1v) is 2.91. The molecule has 0 fully saturated rings. The van der Waals surface area contributed by atoms with Crippen molar-refractivity contribution in [2.24, 2.45) is 5.22 Å². The second-order valence-corrected chi connectivity index (χ2v) is 1.79. The summed E-state index contributed by atoms with van der Waals surface area (Å²) in [4.78, 5) is 14.6. The summed E-state index contributed by atoms with van der Waals surface area (Å²) in [6.45, 7) is 0. The lowest BCUT2D eigenvalue weighted by molar-refractivity contribution is 0.0950. The molecule has 0 radical (unpaired) electrons. The zero-order chi connectivity index (χ0) is 8.10. The molecule has 1 amide bonds. The van der Waals surface area contributed by atoms with E-state index in [4.69, 9.17) is 5.53 Å². The second-order valence-electron chi connectivity index (χ2n) is 1.79. The van der Waals surface area contributed by atoms with Crippen molar-refractivity contribution >= 4 is 5.91 Å². The Labute approximate surface area is 62.9 Å². The van der Waals surface area contributed by atoms with E-state index in [-0.39, 0.29) is 0 Å². The molecule has 0 atom stereocenters. The first-order valence-electron chi connectivity index (χ1n) is 2.91. The molecule has 0 aromatic carbocycles. The van der Waals surface area contributed by atoms with Gasteiger partial charge in [0.2, 0.25) is 0 Å². The van der Waals surface area contributed by atoms with Gasteiger partial charge in [0.15, 0.2) is 0 Å². The van der Waals surface area contributed by atoms with Gasteiger partial charge in [-0.2, -0.15) is 5.53 Å². The van der Waals surface area contributed by atoms with Crippen molar-refractivity contribution in [2.45, 2.75) is 0 Å². The van der Waals surface area contributed by atoms with Crippen LogP contribution in [0.15, 0.2) is 29.7 Å². The zero-order valence-electron chi connectivity index (χ0n) is 5.61. The number of amides is 1. The minimum Gasteiger partial charge on any atom is -0.267 e. The highest BCUT2D eigenvalue weighted by Gasteiger charge is 2.01. The summed E-state index contributed by atoms with van der Waals surface area (Å²) >= 11 is 0. The van der Waals surface area contributed by atoms with E-state index in [0.29, 0.717) is 5.56 Å². The van der Waals surface area contributed by atoms with Crippen LogP contribution in [-0.4, -0.2) is 10.9 Å². The lowest BCUT2D eigenvalue weighted by Crippen LogP contribution is -2.15. The molecular formula is C6H6N4O. The van der Waals surface area contributed by atoms with E-state index in [0.717, 1.165) is 0 Å². The standard InChI is InChI=1S/C6H6N4O/c7-10-9-6(11)5-1-3-8-4-2-5/h1-4H,(H2,7,9,11). The van der Waals surface area contributed by atoms with Gasteiger partial charge < -0.3 is 0 Å². The quantitative estimate of drug-likeness (QED) is 0.482. The molecule has 1 aromatic heterocycles. The molecule has 0 aliphatic heterocycles. The van der Waals surface area contributed by atoms with E-state index < -0.39 is 5.91 Å². The molecule has 0 spiro atoms. The first-order chi connectivity index (χ1) is 5.34. The fourth-order valence-corrected chi connectivity index (χ4v) is 0.619. The number of rotatable bonds is 2. The van der Waals surface area contributed by atoms with Crippen LogP contribution in [0.1, 0.15) is 10.4 Å². The van der Waals surface area contributed by atoms with Crippen LogP contribution in [-0.2, 0) is 0 Å². The van der Waals surface area contributed by atoms with Crippen molar-refractivity contribution in [3.05, 3.63) is 30.1 Å². The largest absolute Gasteiger partial charge is 0.272 e. The summed E-state index contributed by atoms with van der Waals surface area (Å²) in [5, 5.41) is 2.74. The van der Waals surface area contributed by atoms with Crippen LogP contribution >= 0.6 is 0 Å². The predicted octanol–water partition coefficient (Wildman–Crippen LogP) is 0.757. The number of hydrogen-bond donors (Lipinski definition) is 2.